The number of aromatic amines is 1. The molecule has 60 valence electrons. The van der Waals surface area contributed by atoms with Crippen molar-refractivity contribution in [3.8, 4) is 0 Å². The van der Waals surface area contributed by atoms with Gasteiger partial charge in [-0.05, 0) is 6.92 Å². The van der Waals surface area contributed by atoms with Crippen LogP contribution in [-0.4, -0.2) is 15.2 Å². The van der Waals surface area contributed by atoms with E-state index in [1.165, 1.54) is 0 Å². The molecule has 0 aromatic carbocycles. The highest BCUT2D eigenvalue weighted by atomic mass is 16.1. The molecule has 0 bridgehead atoms. The standard InChI is InChI=1S/C7H11N3O/c1-4(2)6-7(11)8-5(3)9-10-6/h4H,1-3H3,(H,8,9,11). The second kappa shape index (κ2) is 2.82. The Bertz CT molecular complexity index is 303. The van der Waals surface area contributed by atoms with Gasteiger partial charge in [0, 0.05) is 5.92 Å². The van der Waals surface area contributed by atoms with Crippen LogP contribution in [0.4, 0.5) is 0 Å². The maximum Gasteiger partial charge on any atom is 0.273 e. The Labute approximate surface area is 64.7 Å². The topological polar surface area (TPSA) is 58.6 Å². The Hall–Kier alpha value is -1.19. The summed E-state index contributed by atoms with van der Waals surface area (Å²) in [6, 6.07) is 0. The molecule has 0 spiro atoms. The van der Waals surface area contributed by atoms with Gasteiger partial charge >= 0.3 is 0 Å². The molecule has 0 amide bonds. The monoisotopic (exact) mass is 153 g/mol. The summed E-state index contributed by atoms with van der Waals surface area (Å²) in [5, 5.41) is 7.54. The quantitative estimate of drug-likeness (QED) is 0.642. The minimum Gasteiger partial charge on any atom is -0.308 e. The van der Waals surface area contributed by atoms with Crippen molar-refractivity contribution in [1.82, 2.24) is 15.2 Å². The molecular formula is C7H11N3O. The van der Waals surface area contributed by atoms with Gasteiger partial charge in [-0.1, -0.05) is 13.8 Å². The third-order valence-electron chi connectivity index (χ3n) is 1.38. The van der Waals surface area contributed by atoms with Gasteiger partial charge in [0.05, 0.1) is 0 Å². The largest absolute Gasteiger partial charge is 0.308 e. The zero-order valence-electron chi connectivity index (χ0n) is 6.88. The average molecular weight is 153 g/mol. The Balaban J connectivity index is 3.21. The van der Waals surface area contributed by atoms with Crippen LogP contribution in [0.3, 0.4) is 0 Å². The van der Waals surface area contributed by atoms with Gasteiger partial charge in [0.25, 0.3) is 5.56 Å². The lowest BCUT2D eigenvalue weighted by Crippen LogP contribution is -2.18. The molecule has 1 aromatic heterocycles. The lowest BCUT2D eigenvalue weighted by molar-refractivity contribution is 0.734. The molecular weight excluding hydrogens is 142 g/mol. The number of H-pyrrole nitrogens is 1. The first-order valence-corrected chi connectivity index (χ1v) is 3.54. The molecule has 11 heavy (non-hydrogen) atoms. The summed E-state index contributed by atoms with van der Waals surface area (Å²) in [6.45, 7) is 5.53. The summed E-state index contributed by atoms with van der Waals surface area (Å²) >= 11 is 0. The maximum atomic E-state index is 11.1. The third kappa shape index (κ3) is 1.63. The van der Waals surface area contributed by atoms with Gasteiger partial charge in [-0.2, -0.15) is 0 Å². The van der Waals surface area contributed by atoms with Crippen LogP contribution in [0.2, 0.25) is 0 Å². The first-order valence-electron chi connectivity index (χ1n) is 3.54. The molecule has 0 saturated heterocycles. The zero-order valence-corrected chi connectivity index (χ0v) is 6.88. The van der Waals surface area contributed by atoms with Gasteiger partial charge in [0.2, 0.25) is 0 Å². The fourth-order valence-corrected chi connectivity index (χ4v) is 0.805. The molecule has 1 aromatic rings. The fourth-order valence-electron chi connectivity index (χ4n) is 0.805. The van der Waals surface area contributed by atoms with E-state index in [1.807, 2.05) is 13.8 Å². The van der Waals surface area contributed by atoms with E-state index >= 15 is 0 Å². The Morgan fingerprint density at radius 1 is 1.36 bits per heavy atom. The van der Waals surface area contributed by atoms with Crippen molar-refractivity contribution in [3.63, 3.8) is 0 Å². The summed E-state index contributed by atoms with van der Waals surface area (Å²) in [6.07, 6.45) is 0. The Morgan fingerprint density at radius 2 is 2.00 bits per heavy atom. The van der Waals surface area contributed by atoms with Crippen molar-refractivity contribution >= 4 is 0 Å². The molecule has 4 nitrogen and oxygen atoms in total. The Kier molecular flexibility index (Phi) is 2.03. The molecule has 0 unspecified atom stereocenters. The Morgan fingerprint density at radius 3 is 2.45 bits per heavy atom. The van der Waals surface area contributed by atoms with Crippen LogP contribution in [0.15, 0.2) is 4.79 Å². The van der Waals surface area contributed by atoms with E-state index in [0.29, 0.717) is 11.5 Å². The van der Waals surface area contributed by atoms with Gasteiger partial charge < -0.3 is 4.98 Å². The highest BCUT2D eigenvalue weighted by Gasteiger charge is 2.05. The van der Waals surface area contributed by atoms with Gasteiger partial charge in [-0.3, -0.25) is 4.79 Å². The van der Waals surface area contributed by atoms with Gasteiger partial charge in [-0.25, -0.2) is 0 Å². The van der Waals surface area contributed by atoms with E-state index in [9.17, 15) is 4.79 Å². The summed E-state index contributed by atoms with van der Waals surface area (Å²) in [4.78, 5) is 13.7. The van der Waals surface area contributed by atoms with E-state index in [1.54, 1.807) is 6.92 Å². The van der Waals surface area contributed by atoms with E-state index in [4.69, 9.17) is 0 Å². The first-order chi connectivity index (χ1) is 5.11. The van der Waals surface area contributed by atoms with Crippen molar-refractivity contribution in [2.24, 2.45) is 0 Å². The molecule has 4 heteroatoms. The van der Waals surface area contributed by atoms with Crippen molar-refractivity contribution in [3.05, 3.63) is 21.9 Å². The SMILES string of the molecule is Cc1nnc(C(C)C)c(=O)[nH]1. The molecule has 0 aliphatic carbocycles. The van der Waals surface area contributed by atoms with Crippen molar-refractivity contribution < 1.29 is 0 Å². The molecule has 0 atom stereocenters. The maximum absolute atomic E-state index is 11.1. The van der Waals surface area contributed by atoms with E-state index < -0.39 is 0 Å². The van der Waals surface area contributed by atoms with Crippen LogP contribution < -0.4 is 5.56 Å². The fraction of sp³-hybridized carbons (Fsp3) is 0.571. The van der Waals surface area contributed by atoms with Crippen LogP contribution >= 0.6 is 0 Å². The van der Waals surface area contributed by atoms with E-state index in [2.05, 4.69) is 15.2 Å². The minimum absolute atomic E-state index is 0.131. The van der Waals surface area contributed by atoms with Gasteiger partial charge in [0.15, 0.2) is 0 Å². The van der Waals surface area contributed by atoms with Gasteiger partial charge in [-0.15, -0.1) is 10.2 Å². The predicted octanol–water partition coefficient (Wildman–Crippen LogP) is 0.597. The first kappa shape index (κ1) is 7.91. The summed E-state index contributed by atoms with van der Waals surface area (Å²) < 4.78 is 0. The molecule has 0 aliphatic rings. The molecule has 0 saturated carbocycles. The van der Waals surface area contributed by atoms with Crippen LogP contribution in [0.1, 0.15) is 31.3 Å². The number of aromatic nitrogens is 3. The molecule has 1 heterocycles. The summed E-state index contributed by atoms with van der Waals surface area (Å²) in [5.74, 6) is 0.686. The normalized spacial score (nSPS) is 10.5. The number of nitrogens with one attached hydrogen (secondary N) is 1. The van der Waals surface area contributed by atoms with Crippen LogP contribution in [0.25, 0.3) is 0 Å². The van der Waals surface area contributed by atoms with Crippen LogP contribution in [0, 0.1) is 6.92 Å². The molecule has 1 N–H and O–H groups in total. The number of rotatable bonds is 1. The van der Waals surface area contributed by atoms with Crippen LogP contribution in [0.5, 0.6) is 0 Å². The number of hydrogen-bond donors (Lipinski definition) is 1. The van der Waals surface area contributed by atoms with E-state index in [0.717, 1.165) is 0 Å². The number of hydrogen-bond acceptors (Lipinski definition) is 3. The lowest BCUT2D eigenvalue weighted by Gasteiger charge is -2.00. The summed E-state index contributed by atoms with van der Waals surface area (Å²) in [7, 11) is 0. The van der Waals surface area contributed by atoms with E-state index in [-0.39, 0.29) is 11.5 Å². The highest BCUT2D eigenvalue weighted by molar-refractivity contribution is 4.99. The molecule has 0 radical (unpaired) electrons. The summed E-state index contributed by atoms with van der Waals surface area (Å²) in [5.41, 5.74) is 0.364. The number of nitrogens with zero attached hydrogens (tertiary/aromatic N) is 2. The van der Waals surface area contributed by atoms with Crippen molar-refractivity contribution in [1.29, 1.82) is 0 Å². The molecule has 0 aliphatic heterocycles. The minimum atomic E-state index is -0.132. The van der Waals surface area contributed by atoms with Crippen LogP contribution in [-0.2, 0) is 0 Å². The smallest absolute Gasteiger partial charge is 0.273 e. The molecule has 1 rings (SSSR count). The predicted molar refractivity (Wildman–Crippen MR) is 41.5 cm³/mol. The highest BCUT2D eigenvalue weighted by Crippen LogP contribution is 2.02. The second-order valence-corrected chi connectivity index (χ2v) is 2.78. The lowest BCUT2D eigenvalue weighted by atomic mass is 10.1. The zero-order chi connectivity index (χ0) is 8.43. The van der Waals surface area contributed by atoms with Crippen molar-refractivity contribution in [2.45, 2.75) is 26.7 Å². The average Bonchev–Trinajstić information content (AvgIpc) is 1.85. The number of aryl methyl sites for hydroxylation is 1. The molecule has 0 fully saturated rings. The van der Waals surface area contributed by atoms with Gasteiger partial charge in [0.1, 0.15) is 11.5 Å². The van der Waals surface area contributed by atoms with Crippen molar-refractivity contribution in [2.75, 3.05) is 0 Å². The second-order valence-electron chi connectivity index (χ2n) is 2.78. The third-order valence-corrected chi connectivity index (χ3v) is 1.38.